The molecule has 0 unspecified atom stereocenters. The lowest BCUT2D eigenvalue weighted by Gasteiger charge is -2.40. The SMILES string of the molecule is CCC1(CO)CCN(C(=O)NCCOc2ccc(F)c(F)c2)CC1. The van der Waals surface area contributed by atoms with Crippen LogP contribution in [0.2, 0.25) is 0 Å². The van der Waals surface area contributed by atoms with E-state index in [1.165, 1.54) is 6.07 Å². The summed E-state index contributed by atoms with van der Waals surface area (Å²) in [5.74, 6) is -1.67. The van der Waals surface area contributed by atoms with Crippen molar-refractivity contribution in [1.82, 2.24) is 10.2 Å². The van der Waals surface area contributed by atoms with Gasteiger partial charge >= 0.3 is 6.03 Å². The fraction of sp³-hybridized carbons (Fsp3) is 0.588. The molecule has 1 aromatic carbocycles. The van der Waals surface area contributed by atoms with Crippen LogP contribution >= 0.6 is 0 Å². The first-order valence-corrected chi connectivity index (χ1v) is 8.21. The molecule has 2 rings (SSSR count). The van der Waals surface area contributed by atoms with Gasteiger partial charge in [0.15, 0.2) is 11.6 Å². The molecule has 7 heteroatoms. The normalized spacial score (nSPS) is 16.8. The molecule has 1 aliphatic heterocycles. The number of hydrogen-bond acceptors (Lipinski definition) is 3. The van der Waals surface area contributed by atoms with Crippen LogP contribution in [0.1, 0.15) is 26.2 Å². The third-order valence-corrected chi connectivity index (χ3v) is 4.73. The molecular formula is C17H24F2N2O3. The highest BCUT2D eigenvalue weighted by Crippen LogP contribution is 2.34. The maximum atomic E-state index is 13.0. The zero-order chi connectivity index (χ0) is 17.6. The van der Waals surface area contributed by atoms with E-state index in [0.717, 1.165) is 31.4 Å². The molecule has 1 aliphatic rings. The third-order valence-electron chi connectivity index (χ3n) is 4.73. The highest BCUT2D eigenvalue weighted by Gasteiger charge is 2.33. The minimum Gasteiger partial charge on any atom is -0.492 e. The fourth-order valence-electron chi connectivity index (χ4n) is 2.81. The summed E-state index contributed by atoms with van der Waals surface area (Å²) in [6, 6.07) is 3.13. The van der Waals surface area contributed by atoms with Gasteiger partial charge in [0.1, 0.15) is 12.4 Å². The molecule has 1 aromatic rings. The number of piperidine rings is 1. The molecule has 24 heavy (non-hydrogen) atoms. The number of urea groups is 1. The molecule has 0 saturated carbocycles. The maximum Gasteiger partial charge on any atom is 0.317 e. The van der Waals surface area contributed by atoms with Crippen LogP contribution in [0.3, 0.4) is 0 Å². The van der Waals surface area contributed by atoms with Gasteiger partial charge in [0.2, 0.25) is 0 Å². The van der Waals surface area contributed by atoms with Crippen LogP contribution in [-0.2, 0) is 0 Å². The highest BCUT2D eigenvalue weighted by atomic mass is 19.2. The van der Waals surface area contributed by atoms with E-state index in [2.05, 4.69) is 12.2 Å². The molecule has 1 saturated heterocycles. The van der Waals surface area contributed by atoms with Gasteiger partial charge in [-0.05, 0) is 36.8 Å². The van der Waals surface area contributed by atoms with Crippen LogP contribution in [0.4, 0.5) is 13.6 Å². The summed E-state index contributed by atoms with van der Waals surface area (Å²) in [6.45, 7) is 3.88. The topological polar surface area (TPSA) is 61.8 Å². The number of benzene rings is 1. The van der Waals surface area contributed by atoms with Gasteiger partial charge < -0.3 is 20.1 Å². The van der Waals surface area contributed by atoms with Gasteiger partial charge in [-0.2, -0.15) is 0 Å². The van der Waals surface area contributed by atoms with Crippen LogP contribution in [-0.4, -0.2) is 48.9 Å². The number of nitrogens with zero attached hydrogens (tertiary/aromatic N) is 1. The van der Waals surface area contributed by atoms with Gasteiger partial charge in [-0.25, -0.2) is 13.6 Å². The van der Waals surface area contributed by atoms with E-state index in [4.69, 9.17) is 4.74 Å². The maximum absolute atomic E-state index is 13.0. The number of rotatable bonds is 6. The van der Waals surface area contributed by atoms with Crippen molar-refractivity contribution in [2.45, 2.75) is 26.2 Å². The van der Waals surface area contributed by atoms with E-state index in [0.29, 0.717) is 13.1 Å². The zero-order valence-electron chi connectivity index (χ0n) is 13.9. The van der Waals surface area contributed by atoms with Crippen LogP contribution in [0.5, 0.6) is 5.75 Å². The lowest BCUT2D eigenvalue weighted by atomic mass is 9.77. The Labute approximate surface area is 140 Å². The van der Waals surface area contributed by atoms with Crippen molar-refractivity contribution in [3.8, 4) is 5.75 Å². The molecule has 1 fully saturated rings. The Morgan fingerprint density at radius 2 is 2.04 bits per heavy atom. The van der Waals surface area contributed by atoms with Gasteiger partial charge in [-0.15, -0.1) is 0 Å². The van der Waals surface area contributed by atoms with Crippen LogP contribution in [0, 0.1) is 17.0 Å². The Kier molecular flexibility index (Phi) is 6.36. The molecule has 0 spiro atoms. The first-order valence-electron chi connectivity index (χ1n) is 8.21. The molecule has 0 bridgehead atoms. The minimum absolute atomic E-state index is 0.0629. The number of halogens is 2. The van der Waals surface area contributed by atoms with E-state index < -0.39 is 11.6 Å². The van der Waals surface area contributed by atoms with E-state index in [-0.39, 0.29) is 37.0 Å². The molecular weight excluding hydrogens is 318 g/mol. The summed E-state index contributed by atoms with van der Waals surface area (Å²) >= 11 is 0. The number of aliphatic hydroxyl groups excluding tert-OH is 1. The lowest BCUT2D eigenvalue weighted by Crippen LogP contribution is -2.48. The van der Waals surface area contributed by atoms with Gasteiger partial charge in [0.05, 0.1) is 6.54 Å². The van der Waals surface area contributed by atoms with Crippen molar-refractivity contribution < 1.29 is 23.4 Å². The second-order valence-electron chi connectivity index (χ2n) is 6.16. The van der Waals surface area contributed by atoms with Gasteiger partial charge in [-0.3, -0.25) is 0 Å². The predicted molar refractivity (Wildman–Crippen MR) is 85.9 cm³/mol. The second-order valence-corrected chi connectivity index (χ2v) is 6.16. The molecule has 1 heterocycles. The summed E-state index contributed by atoms with van der Waals surface area (Å²) in [5, 5.41) is 12.2. The summed E-state index contributed by atoms with van der Waals surface area (Å²) in [4.78, 5) is 13.8. The lowest BCUT2D eigenvalue weighted by molar-refractivity contribution is 0.0518. The van der Waals surface area contributed by atoms with E-state index in [1.807, 2.05) is 0 Å². The second kappa shape index (κ2) is 8.28. The number of hydrogen-bond donors (Lipinski definition) is 2. The Hall–Kier alpha value is -1.89. The van der Waals surface area contributed by atoms with Crippen molar-refractivity contribution in [3.63, 3.8) is 0 Å². The molecule has 0 radical (unpaired) electrons. The summed E-state index contributed by atoms with van der Waals surface area (Å²) in [6.07, 6.45) is 2.48. The van der Waals surface area contributed by atoms with E-state index >= 15 is 0 Å². The van der Waals surface area contributed by atoms with Crippen molar-refractivity contribution in [1.29, 1.82) is 0 Å². The summed E-state index contributed by atoms with van der Waals surface area (Å²) in [5.41, 5.74) is -0.0629. The highest BCUT2D eigenvalue weighted by molar-refractivity contribution is 5.74. The number of likely N-dealkylation sites (tertiary alicyclic amines) is 1. The van der Waals surface area contributed by atoms with Crippen LogP contribution in [0.25, 0.3) is 0 Å². The Morgan fingerprint density at radius 3 is 2.62 bits per heavy atom. The molecule has 5 nitrogen and oxygen atoms in total. The quantitative estimate of drug-likeness (QED) is 0.781. The van der Waals surface area contributed by atoms with Gasteiger partial charge in [0, 0.05) is 25.8 Å². The number of nitrogens with one attached hydrogen (secondary N) is 1. The Morgan fingerprint density at radius 1 is 1.33 bits per heavy atom. The Balaban J connectivity index is 1.69. The van der Waals surface area contributed by atoms with Crippen LogP contribution in [0.15, 0.2) is 18.2 Å². The molecule has 0 atom stereocenters. The van der Waals surface area contributed by atoms with E-state index in [1.54, 1.807) is 4.90 Å². The van der Waals surface area contributed by atoms with Crippen molar-refractivity contribution in [2.24, 2.45) is 5.41 Å². The number of carbonyl (C=O) groups excluding carboxylic acids is 1. The number of amides is 2. The molecule has 2 N–H and O–H groups in total. The number of carbonyl (C=O) groups is 1. The van der Waals surface area contributed by atoms with Crippen LogP contribution < -0.4 is 10.1 Å². The zero-order valence-corrected chi connectivity index (χ0v) is 13.9. The molecule has 134 valence electrons. The first-order chi connectivity index (χ1) is 11.5. The van der Waals surface area contributed by atoms with Crippen molar-refractivity contribution in [3.05, 3.63) is 29.8 Å². The number of aliphatic hydroxyl groups is 1. The minimum atomic E-state index is -0.965. The Bertz CT molecular complexity index is 555. The summed E-state index contributed by atoms with van der Waals surface area (Å²) in [7, 11) is 0. The standard InChI is InChI=1S/C17H24F2N2O3/c1-2-17(12-22)5-8-21(9-6-17)16(23)20-7-10-24-13-3-4-14(18)15(19)11-13/h3-4,11,22H,2,5-10,12H2,1H3,(H,20,23). The fourth-order valence-corrected chi connectivity index (χ4v) is 2.81. The predicted octanol–water partition coefficient (Wildman–Crippen LogP) is 2.54. The van der Waals surface area contributed by atoms with E-state index in [9.17, 15) is 18.7 Å². The molecule has 2 amide bonds. The summed E-state index contributed by atoms with van der Waals surface area (Å²) < 4.78 is 31.1. The smallest absolute Gasteiger partial charge is 0.317 e. The molecule has 0 aromatic heterocycles. The average Bonchev–Trinajstić information content (AvgIpc) is 2.61. The largest absolute Gasteiger partial charge is 0.492 e. The number of ether oxygens (including phenoxy) is 1. The van der Waals surface area contributed by atoms with Crippen molar-refractivity contribution in [2.75, 3.05) is 32.8 Å². The first kappa shape index (κ1) is 18.4. The third kappa shape index (κ3) is 4.56. The van der Waals surface area contributed by atoms with Gasteiger partial charge in [0.25, 0.3) is 0 Å². The van der Waals surface area contributed by atoms with Gasteiger partial charge in [-0.1, -0.05) is 6.92 Å². The monoisotopic (exact) mass is 342 g/mol. The molecule has 0 aliphatic carbocycles. The van der Waals surface area contributed by atoms with Crippen molar-refractivity contribution >= 4 is 6.03 Å². The average molecular weight is 342 g/mol.